The van der Waals surface area contributed by atoms with E-state index in [9.17, 15) is 15.2 Å². The third-order valence-corrected chi connectivity index (χ3v) is 3.64. The number of hydrogen-bond acceptors (Lipinski definition) is 5. The molecule has 19 heavy (non-hydrogen) atoms. The fourth-order valence-electron chi connectivity index (χ4n) is 2.44. The Morgan fingerprint density at radius 3 is 2.68 bits per heavy atom. The SMILES string of the molecule is Cc1nc(NCC2CCC(O)CC2)ccc1[N+](=O)[O-]. The number of nitrogens with one attached hydrogen (secondary N) is 1. The summed E-state index contributed by atoms with van der Waals surface area (Å²) >= 11 is 0. The Labute approximate surface area is 112 Å². The van der Waals surface area contributed by atoms with Crippen LogP contribution in [0.3, 0.4) is 0 Å². The topological polar surface area (TPSA) is 88.3 Å². The lowest BCUT2D eigenvalue weighted by molar-refractivity contribution is -0.385. The second kappa shape index (κ2) is 5.97. The molecule has 0 saturated heterocycles. The molecule has 0 atom stereocenters. The summed E-state index contributed by atoms with van der Waals surface area (Å²) in [5.74, 6) is 1.22. The zero-order valence-electron chi connectivity index (χ0n) is 11.0. The van der Waals surface area contributed by atoms with Crippen LogP contribution in [0.15, 0.2) is 12.1 Å². The van der Waals surface area contributed by atoms with Crippen molar-refractivity contribution in [2.24, 2.45) is 5.92 Å². The summed E-state index contributed by atoms with van der Waals surface area (Å²) in [6.07, 6.45) is 3.61. The molecule has 0 aromatic carbocycles. The number of pyridine rings is 1. The summed E-state index contributed by atoms with van der Waals surface area (Å²) in [7, 11) is 0. The molecule has 0 radical (unpaired) electrons. The molecule has 1 aromatic heterocycles. The lowest BCUT2D eigenvalue weighted by Gasteiger charge is -2.25. The highest BCUT2D eigenvalue weighted by Crippen LogP contribution is 2.25. The molecule has 0 unspecified atom stereocenters. The molecule has 0 amide bonds. The number of anilines is 1. The van der Waals surface area contributed by atoms with Crippen LogP contribution >= 0.6 is 0 Å². The summed E-state index contributed by atoms with van der Waals surface area (Å²) in [6.45, 7) is 2.44. The molecular weight excluding hydrogens is 246 g/mol. The fraction of sp³-hybridized carbons (Fsp3) is 0.615. The molecule has 1 heterocycles. The van der Waals surface area contributed by atoms with Gasteiger partial charge in [-0.3, -0.25) is 10.1 Å². The molecule has 2 rings (SSSR count). The van der Waals surface area contributed by atoms with Gasteiger partial charge < -0.3 is 10.4 Å². The minimum atomic E-state index is -0.422. The third-order valence-electron chi connectivity index (χ3n) is 3.64. The first-order chi connectivity index (χ1) is 9.06. The number of hydrogen-bond donors (Lipinski definition) is 2. The van der Waals surface area contributed by atoms with E-state index in [-0.39, 0.29) is 11.8 Å². The van der Waals surface area contributed by atoms with E-state index in [2.05, 4.69) is 10.3 Å². The lowest BCUT2D eigenvalue weighted by Crippen LogP contribution is -2.23. The second-order valence-corrected chi connectivity index (χ2v) is 5.11. The minimum Gasteiger partial charge on any atom is -0.393 e. The van der Waals surface area contributed by atoms with Gasteiger partial charge in [-0.2, -0.15) is 0 Å². The van der Waals surface area contributed by atoms with Crippen molar-refractivity contribution in [1.82, 2.24) is 4.98 Å². The number of rotatable bonds is 4. The molecule has 104 valence electrons. The molecule has 2 N–H and O–H groups in total. The van der Waals surface area contributed by atoms with E-state index in [1.165, 1.54) is 6.07 Å². The third kappa shape index (κ3) is 3.64. The summed E-state index contributed by atoms with van der Waals surface area (Å²) in [5, 5.41) is 23.3. The highest BCUT2D eigenvalue weighted by Gasteiger charge is 2.19. The summed E-state index contributed by atoms with van der Waals surface area (Å²) in [4.78, 5) is 14.5. The van der Waals surface area contributed by atoms with Gasteiger partial charge in [0.2, 0.25) is 0 Å². The van der Waals surface area contributed by atoms with Crippen molar-refractivity contribution in [3.05, 3.63) is 27.9 Å². The molecule has 0 aliphatic heterocycles. The molecule has 1 saturated carbocycles. The van der Waals surface area contributed by atoms with E-state index in [0.29, 0.717) is 17.4 Å². The van der Waals surface area contributed by atoms with Gasteiger partial charge in [0.05, 0.1) is 11.0 Å². The normalized spacial score (nSPS) is 23.1. The average Bonchev–Trinajstić information content (AvgIpc) is 2.37. The van der Waals surface area contributed by atoms with Crippen molar-refractivity contribution in [2.45, 2.75) is 38.7 Å². The standard InChI is InChI=1S/C13H19N3O3/c1-9-12(16(18)19)6-7-13(15-9)14-8-10-2-4-11(17)5-3-10/h6-7,10-11,17H,2-5,8H2,1H3,(H,14,15). The molecule has 0 spiro atoms. The maximum absolute atomic E-state index is 10.7. The Bertz CT molecular complexity index is 456. The van der Waals surface area contributed by atoms with E-state index >= 15 is 0 Å². The van der Waals surface area contributed by atoms with Crippen molar-refractivity contribution in [2.75, 3.05) is 11.9 Å². The monoisotopic (exact) mass is 265 g/mol. The number of aliphatic hydroxyl groups is 1. The first kappa shape index (κ1) is 13.7. The van der Waals surface area contributed by atoms with E-state index in [4.69, 9.17) is 0 Å². The van der Waals surface area contributed by atoms with Crippen LogP contribution in [0, 0.1) is 23.0 Å². The Hall–Kier alpha value is -1.69. The maximum Gasteiger partial charge on any atom is 0.290 e. The number of nitrogens with zero attached hydrogens (tertiary/aromatic N) is 2. The van der Waals surface area contributed by atoms with Crippen LogP contribution in [0.5, 0.6) is 0 Å². The van der Waals surface area contributed by atoms with Gasteiger partial charge in [0.15, 0.2) is 0 Å². The number of aryl methyl sites for hydroxylation is 1. The van der Waals surface area contributed by atoms with Crippen LogP contribution in [0.25, 0.3) is 0 Å². The lowest BCUT2D eigenvalue weighted by atomic mass is 9.87. The van der Waals surface area contributed by atoms with Crippen LogP contribution < -0.4 is 5.32 Å². The Morgan fingerprint density at radius 1 is 1.42 bits per heavy atom. The number of aliphatic hydroxyl groups excluding tert-OH is 1. The molecule has 0 bridgehead atoms. The fourth-order valence-corrected chi connectivity index (χ4v) is 2.44. The van der Waals surface area contributed by atoms with Gasteiger partial charge >= 0.3 is 0 Å². The van der Waals surface area contributed by atoms with Crippen molar-refractivity contribution < 1.29 is 10.0 Å². The van der Waals surface area contributed by atoms with E-state index in [1.54, 1.807) is 13.0 Å². The molecule has 6 nitrogen and oxygen atoms in total. The van der Waals surface area contributed by atoms with Crippen LogP contribution in [-0.2, 0) is 0 Å². The quantitative estimate of drug-likeness (QED) is 0.644. The summed E-state index contributed by atoms with van der Waals surface area (Å²) in [6, 6.07) is 3.12. The van der Waals surface area contributed by atoms with E-state index in [1.807, 2.05) is 0 Å². The molecule has 1 aliphatic carbocycles. The molecular formula is C13H19N3O3. The number of nitro groups is 1. The smallest absolute Gasteiger partial charge is 0.290 e. The predicted octanol–water partition coefficient (Wildman–Crippen LogP) is 2.26. The van der Waals surface area contributed by atoms with Gasteiger partial charge in [0, 0.05) is 12.6 Å². The first-order valence-electron chi connectivity index (χ1n) is 6.60. The largest absolute Gasteiger partial charge is 0.393 e. The second-order valence-electron chi connectivity index (χ2n) is 5.11. The highest BCUT2D eigenvalue weighted by atomic mass is 16.6. The Morgan fingerprint density at radius 2 is 2.11 bits per heavy atom. The molecule has 1 aromatic rings. The first-order valence-corrected chi connectivity index (χ1v) is 6.60. The van der Waals surface area contributed by atoms with Crippen molar-refractivity contribution >= 4 is 11.5 Å². The van der Waals surface area contributed by atoms with Gasteiger partial charge in [-0.25, -0.2) is 4.98 Å². The Kier molecular flexibility index (Phi) is 4.31. The van der Waals surface area contributed by atoms with Gasteiger partial charge in [-0.15, -0.1) is 0 Å². The van der Waals surface area contributed by atoms with Gasteiger partial charge in [0.25, 0.3) is 5.69 Å². The predicted molar refractivity (Wildman–Crippen MR) is 72.1 cm³/mol. The molecule has 1 fully saturated rings. The van der Waals surface area contributed by atoms with Crippen LogP contribution in [-0.4, -0.2) is 27.7 Å². The average molecular weight is 265 g/mol. The van der Waals surface area contributed by atoms with Gasteiger partial charge in [-0.05, 0) is 44.6 Å². The van der Waals surface area contributed by atoms with Gasteiger partial charge in [-0.1, -0.05) is 0 Å². The summed E-state index contributed by atoms with van der Waals surface area (Å²) in [5.41, 5.74) is 0.473. The van der Waals surface area contributed by atoms with Crippen molar-refractivity contribution in [1.29, 1.82) is 0 Å². The minimum absolute atomic E-state index is 0.0475. The zero-order valence-corrected chi connectivity index (χ0v) is 11.0. The molecule has 6 heteroatoms. The van der Waals surface area contributed by atoms with Gasteiger partial charge in [0.1, 0.15) is 11.5 Å². The van der Waals surface area contributed by atoms with E-state index in [0.717, 1.165) is 32.2 Å². The van der Waals surface area contributed by atoms with E-state index < -0.39 is 4.92 Å². The molecule has 1 aliphatic rings. The number of aromatic nitrogens is 1. The van der Waals surface area contributed by atoms with Crippen LogP contribution in [0.2, 0.25) is 0 Å². The van der Waals surface area contributed by atoms with Crippen molar-refractivity contribution in [3.63, 3.8) is 0 Å². The Balaban J connectivity index is 1.89. The van der Waals surface area contributed by atoms with Crippen LogP contribution in [0.4, 0.5) is 11.5 Å². The van der Waals surface area contributed by atoms with Crippen molar-refractivity contribution in [3.8, 4) is 0 Å². The van der Waals surface area contributed by atoms with Crippen LogP contribution in [0.1, 0.15) is 31.4 Å². The highest BCUT2D eigenvalue weighted by molar-refractivity contribution is 5.44. The maximum atomic E-state index is 10.7. The summed E-state index contributed by atoms with van der Waals surface area (Å²) < 4.78 is 0. The zero-order chi connectivity index (χ0) is 13.8.